The number of carbonyl (C=O) groups is 1. The molecule has 0 saturated carbocycles. The van der Waals surface area contributed by atoms with Gasteiger partial charge in [-0.2, -0.15) is 18.2 Å². The summed E-state index contributed by atoms with van der Waals surface area (Å²) >= 11 is 0. The molecule has 35 heavy (non-hydrogen) atoms. The Hall–Kier alpha value is -4.49. The predicted octanol–water partition coefficient (Wildman–Crippen LogP) is 4.12. The Morgan fingerprint density at radius 2 is 1.57 bits per heavy atom. The number of aliphatic carboxylic acids is 1. The summed E-state index contributed by atoms with van der Waals surface area (Å²) in [4.78, 5) is 25.8. The van der Waals surface area contributed by atoms with Gasteiger partial charge in [-0.3, -0.25) is 5.32 Å². The molecule has 0 aliphatic carbocycles. The number of para-hydroxylation sites is 1. The molecule has 0 amide bonds. The number of nitrogens with one attached hydrogen (secondary N) is 1. The zero-order chi connectivity index (χ0) is 25.9. The molecule has 0 fully saturated rings. The summed E-state index contributed by atoms with van der Waals surface area (Å²) in [5, 5.41) is 21.0. The van der Waals surface area contributed by atoms with Crippen molar-refractivity contribution in [3.8, 4) is 17.4 Å². The van der Waals surface area contributed by atoms with Crippen molar-refractivity contribution in [2.75, 3.05) is 19.5 Å². The molecule has 0 saturated heterocycles. The number of alkyl halides is 3. The Balaban J connectivity index is 0.000000429. The third kappa shape index (κ3) is 5.54. The van der Waals surface area contributed by atoms with Crippen LogP contribution in [0.25, 0.3) is 21.8 Å². The Bertz CT molecular complexity index is 1420. The molecule has 4 aromatic rings. The summed E-state index contributed by atoms with van der Waals surface area (Å²) in [6.45, 7) is 1.82. The van der Waals surface area contributed by atoms with E-state index in [1.165, 1.54) is 25.3 Å². The zero-order valence-electron chi connectivity index (χ0n) is 18.3. The molecule has 3 N–H and O–H groups in total. The minimum atomic E-state index is -5.08. The van der Waals surface area contributed by atoms with E-state index in [0.29, 0.717) is 22.7 Å². The van der Waals surface area contributed by atoms with Crippen LogP contribution in [0.2, 0.25) is 0 Å². The highest BCUT2D eigenvalue weighted by molar-refractivity contribution is 5.87. The number of ether oxygens (including phenoxy) is 2. The number of carboxylic acids is 1. The van der Waals surface area contributed by atoms with Crippen LogP contribution in [0, 0.1) is 12.7 Å². The Morgan fingerprint density at radius 1 is 0.971 bits per heavy atom. The highest BCUT2D eigenvalue weighted by Crippen LogP contribution is 2.33. The fraction of sp³-hybridized carbons (Fsp3) is 0.190. The van der Waals surface area contributed by atoms with E-state index < -0.39 is 18.0 Å². The molecule has 184 valence electrons. The van der Waals surface area contributed by atoms with Gasteiger partial charge in [0.2, 0.25) is 17.8 Å². The number of benzene rings is 2. The number of anilines is 2. The molecule has 2 heterocycles. The number of carboxylic acid groups (broad SMARTS) is 1. The van der Waals surface area contributed by atoms with Gasteiger partial charge in [-0.25, -0.2) is 24.1 Å². The van der Waals surface area contributed by atoms with Gasteiger partial charge in [0.1, 0.15) is 11.3 Å². The summed E-state index contributed by atoms with van der Waals surface area (Å²) in [5.41, 5.74) is 1.30. The molecule has 10 nitrogen and oxygen atoms in total. The van der Waals surface area contributed by atoms with E-state index in [9.17, 15) is 22.7 Å². The number of fused-ring (bicyclic) bond motifs is 2. The van der Waals surface area contributed by atoms with Crippen LogP contribution in [0.15, 0.2) is 30.3 Å². The molecule has 0 atom stereocenters. The fourth-order valence-electron chi connectivity index (χ4n) is 2.92. The van der Waals surface area contributed by atoms with Crippen LogP contribution in [0.5, 0.6) is 17.4 Å². The Kier molecular flexibility index (Phi) is 7.03. The molecule has 0 spiro atoms. The number of nitrogens with zero attached hydrogens (tertiary/aromatic N) is 4. The molecule has 14 heteroatoms. The lowest BCUT2D eigenvalue weighted by Crippen LogP contribution is -2.21. The molecule has 0 radical (unpaired) electrons. The summed E-state index contributed by atoms with van der Waals surface area (Å²) < 4.78 is 56.4. The minimum Gasteiger partial charge on any atom is -0.493 e. The van der Waals surface area contributed by atoms with E-state index in [4.69, 9.17) is 19.4 Å². The second kappa shape index (κ2) is 9.79. The maximum Gasteiger partial charge on any atom is 0.490 e. The smallest absolute Gasteiger partial charge is 0.490 e. The normalized spacial score (nSPS) is 11.1. The highest BCUT2D eigenvalue weighted by atomic mass is 19.4. The molecule has 0 aliphatic rings. The molecule has 2 aromatic heterocycles. The highest BCUT2D eigenvalue weighted by Gasteiger charge is 2.38. The quantitative estimate of drug-likeness (QED) is 0.354. The third-order valence-corrected chi connectivity index (χ3v) is 4.51. The Labute approximate surface area is 194 Å². The van der Waals surface area contributed by atoms with E-state index in [2.05, 4.69) is 25.3 Å². The first-order valence-electron chi connectivity index (χ1n) is 9.57. The van der Waals surface area contributed by atoms with E-state index in [1.54, 1.807) is 19.2 Å². The van der Waals surface area contributed by atoms with E-state index in [-0.39, 0.29) is 28.7 Å². The molecule has 0 bridgehead atoms. The van der Waals surface area contributed by atoms with Crippen molar-refractivity contribution in [3.63, 3.8) is 0 Å². The maximum atomic E-state index is 14.0. The summed E-state index contributed by atoms with van der Waals surface area (Å²) in [5.74, 6) is -2.38. The van der Waals surface area contributed by atoms with Crippen LogP contribution < -0.4 is 14.8 Å². The SMILES string of the molecule is COc1cc2nc(Nc3nc(O)c4cccc(F)c4n3)nc(C)c2cc1OC.O=C(O)C(F)(F)F. The van der Waals surface area contributed by atoms with Crippen molar-refractivity contribution in [2.24, 2.45) is 0 Å². The first-order valence-corrected chi connectivity index (χ1v) is 9.57. The fourth-order valence-corrected chi connectivity index (χ4v) is 2.92. The van der Waals surface area contributed by atoms with Crippen LogP contribution in [0.1, 0.15) is 5.69 Å². The van der Waals surface area contributed by atoms with Crippen LogP contribution in [-0.2, 0) is 4.79 Å². The van der Waals surface area contributed by atoms with Crippen molar-refractivity contribution in [2.45, 2.75) is 13.1 Å². The van der Waals surface area contributed by atoms with Gasteiger partial charge < -0.3 is 19.7 Å². The molecular formula is C21H17F4N5O5. The average molecular weight is 495 g/mol. The van der Waals surface area contributed by atoms with E-state index in [0.717, 1.165) is 5.39 Å². The minimum absolute atomic E-state index is 0.00131. The number of aromatic hydroxyl groups is 1. The van der Waals surface area contributed by atoms with Crippen LogP contribution in [0.3, 0.4) is 0 Å². The summed E-state index contributed by atoms with van der Waals surface area (Å²) in [6.07, 6.45) is -5.08. The van der Waals surface area contributed by atoms with Crippen molar-refractivity contribution in [1.82, 2.24) is 19.9 Å². The van der Waals surface area contributed by atoms with Gasteiger partial charge in [0.05, 0.1) is 30.8 Å². The van der Waals surface area contributed by atoms with Gasteiger partial charge in [-0.1, -0.05) is 6.07 Å². The molecule has 0 unspecified atom stereocenters. The van der Waals surface area contributed by atoms with Gasteiger partial charge in [0.25, 0.3) is 0 Å². The van der Waals surface area contributed by atoms with E-state index in [1.807, 2.05) is 6.92 Å². The number of methoxy groups -OCH3 is 2. The topological polar surface area (TPSA) is 140 Å². The zero-order valence-corrected chi connectivity index (χ0v) is 18.3. The second-order valence-corrected chi connectivity index (χ2v) is 6.79. The Morgan fingerprint density at radius 3 is 2.17 bits per heavy atom. The molecular weight excluding hydrogens is 478 g/mol. The molecule has 0 aliphatic heterocycles. The largest absolute Gasteiger partial charge is 0.493 e. The van der Waals surface area contributed by atoms with Crippen LogP contribution in [-0.4, -0.2) is 56.5 Å². The maximum absolute atomic E-state index is 14.0. The van der Waals surface area contributed by atoms with Crippen molar-refractivity contribution < 1.29 is 42.0 Å². The van der Waals surface area contributed by atoms with Gasteiger partial charge in [-0.15, -0.1) is 0 Å². The summed E-state index contributed by atoms with van der Waals surface area (Å²) in [7, 11) is 3.09. The number of hydrogen-bond acceptors (Lipinski definition) is 9. The predicted molar refractivity (Wildman–Crippen MR) is 116 cm³/mol. The lowest BCUT2D eigenvalue weighted by atomic mass is 10.1. The average Bonchev–Trinajstić information content (AvgIpc) is 2.79. The van der Waals surface area contributed by atoms with Gasteiger partial charge in [-0.05, 0) is 25.1 Å². The van der Waals surface area contributed by atoms with Gasteiger partial charge >= 0.3 is 12.1 Å². The molecule has 2 aromatic carbocycles. The van der Waals surface area contributed by atoms with Crippen molar-refractivity contribution in [3.05, 3.63) is 41.8 Å². The number of halogens is 4. The second-order valence-electron chi connectivity index (χ2n) is 6.79. The number of aryl methyl sites for hydroxylation is 1. The monoisotopic (exact) mass is 495 g/mol. The number of aromatic nitrogens is 4. The van der Waals surface area contributed by atoms with Crippen molar-refractivity contribution >= 4 is 39.7 Å². The van der Waals surface area contributed by atoms with Crippen LogP contribution >= 0.6 is 0 Å². The van der Waals surface area contributed by atoms with Gasteiger partial charge in [0.15, 0.2) is 11.5 Å². The number of rotatable bonds is 4. The lowest BCUT2D eigenvalue weighted by Gasteiger charge is -2.12. The summed E-state index contributed by atoms with van der Waals surface area (Å²) in [6, 6.07) is 7.79. The standard InChI is InChI=1S/C19H16FN5O3.C2HF3O2/c1-9-11-7-14(27-2)15(28-3)8-13(11)22-18(21-9)25-19-23-16-10(17(26)24-19)5-4-6-12(16)20;3-2(4,5)1(6)7/h4-8H,1-3H3,(H2,21,22,23,24,25,26);(H,6,7). The van der Waals surface area contributed by atoms with Crippen LogP contribution in [0.4, 0.5) is 29.5 Å². The van der Waals surface area contributed by atoms with Crippen molar-refractivity contribution in [1.29, 1.82) is 0 Å². The molecule has 4 rings (SSSR count). The lowest BCUT2D eigenvalue weighted by molar-refractivity contribution is -0.192. The van der Waals surface area contributed by atoms with Gasteiger partial charge in [0, 0.05) is 11.5 Å². The number of hydrogen-bond donors (Lipinski definition) is 3. The first kappa shape index (κ1) is 25.1. The van der Waals surface area contributed by atoms with E-state index >= 15 is 0 Å². The third-order valence-electron chi connectivity index (χ3n) is 4.51. The first-order chi connectivity index (χ1) is 16.4.